The number of methoxy groups -OCH3 is 1. The van der Waals surface area contributed by atoms with E-state index in [1.807, 2.05) is 25.2 Å². The van der Waals surface area contributed by atoms with Crippen molar-refractivity contribution >= 4 is 41.3 Å². The lowest BCUT2D eigenvalue weighted by Crippen LogP contribution is -2.39. The topological polar surface area (TPSA) is 58.5 Å². The molecule has 0 amide bonds. The number of hydrogen-bond acceptors (Lipinski definition) is 4. The Morgan fingerprint density at radius 3 is 2.72 bits per heavy atom. The monoisotopic (exact) mass is 480 g/mol. The molecule has 0 spiro atoms. The van der Waals surface area contributed by atoms with E-state index in [1.54, 1.807) is 7.11 Å². The highest BCUT2D eigenvalue weighted by Crippen LogP contribution is 2.27. The first-order valence-electron chi connectivity index (χ1n) is 9.09. The molecule has 5 nitrogen and oxygen atoms in total. The molecule has 2 N–H and O–H groups in total. The van der Waals surface area contributed by atoms with E-state index in [1.165, 1.54) is 41.3 Å². The zero-order chi connectivity index (χ0) is 17.4. The van der Waals surface area contributed by atoms with Crippen LogP contribution in [-0.2, 0) is 24.0 Å². The molecule has 0 radical (unpaired) electrons. The summed E-state index contributed by atoms with van der Waals surface area (Å²) in [6.07, 6.45) is 7.17. The van der Waals surface area contributed by atoms with Gasteiger partial charge in [0.25, 0.3) is 0 Å². The van der Waals surface area contributed by atoms with Gasteiger partial charge in [0.15, 0.2) is 5.96 Å². The molecule has 0 saturated heterocycles. The second-order valence-corrected chi connectivity index (χ2v) is 8.04. The number of ether oxygens (including phenoxy) is 1. The van der Waals surface area contributed by atoms with E-state index < -0.39 is 0 Å². The number of halogens is 1. The van der Waals surface area contributed by atoms with Gasteiger partial charge in [0.2, 0.25) is 0 Å². The van der Waals surface area contributed by atoms with Crippen LogP contribution in [0.1, 0.15) is 55.6 Å². The van der Waals surface area contributed by atoms with Gasteiger partial charge >= 0.3 is 0 Å². The Morgan fingerprint density at radius 2 is 2.04 bits per heavy atom. The molecule has 0 aromatic carbocycles. The number of nitrogens with one attached hydrogen (secondary N) is 2. The number of aromatic nitrogens is 1. The standard InChI is InChI=1S/C18H32N4OS.HI/c1-5-19-17(21-13-18(2,3)23-4)20-12-8-11-16-22-14-9-6-7-10-15(14)24-16;/h5-13H2,1-4H3,(H2,19,20,21);1H. The first kappa shape index (κ1) is 22.6. The van der Waals surface area contributed by atoms with Crippen molar-refractivity contribution in [3.05, 3.63) is 15.6 Å². The molecule has 1 heterocycles. The van der Waals surface area contributed by atoms with Gasteiger partial charge in [0, 0.05) is 31.5 Å². The predicted molar refractivity (Wildman–Crippen MR) is 118 cm³/mol. The summed E-state index contributed by atoms with van der Waals surface area (Å²) in [4.78, 5) is 11.0. The average molecular weight is 480 g/mol. The number of guanidine groups is 1. The summed E-state index contributed by atoms with van der Waals surface area (Å²) in [6, 6.07) is 0. The third-order valence-electron chi connectivity index (χ3n) is 4.26. The van der Waals surface area contributed by atoms with Gasteiger partial charge in [0.05, 0.1) is 22.8 Å². The number of hydrogen-bond donors (Lipinski definition) is 2. The summed E-state index contributed by atoms with van der Waals surface area (Å²) in [6.45, 7) is 8.58. The molecule has 0 atom stereocenters. The Labute approximate surface area is 173 Å². The number of aliphatic imine (C=N–C) groups is 1. The maximum atomic E-state index is 5.42. The maximum absolute atomic E-state index is 5.42. The van der Waals surface area contributed by atoms with Gasteiger partial charge in [-0.15, -0.1) is 35.3 Å². The number of thiazole rings is 1. The molecule has 144 valence electrons. The fourth-order valence-corrected chi connectivity index (χ4v) is 3.83. The molecule has 0 bridgehead atoms. The van der Waals surface area contributed by atoms with Crippen molar-refractivity contribution in [2.24, 2.45) is 4.99 Å². The molecule has 1 aliphatic rings. The number of aryl methyl sites for hydroxylation is 3. The van der Waals surface area contributed by atoms with Gasteiger partial charge in [-0.2, -0.15) is 0 Å². The normalized spacial score (nSPS) is 14.6. The first-order chi connectivity index (χ1) is 11.5. The fourth-order valence-electron chi connectivity index (χ4n) is 2.63. The van der Waals surface area contributed by atoms with E-state index in [4.69, 9.17) is 9.72 Å². The van der Waals surface area contributed by atoms with E-state index in [9.17, 15) is 0 Å². The summed E-state index contributed by atoms with van der Waals surface area (Å²) in [5.74, 6) is 0.862. The van der Waals surface area contributed by atoms with Gasteiger partial charge in [-0.05, 0) is 52.9 Å². The summed E-state index contributed by atoms with van der Waals surface area (Å²) in [5.41, 5.74) is 1.13. The SMILES string of the molecule is CCNC(=NCC(C)(C)OC)NCCCc1nc2c(s1)CCCC2.I. The lowest BCUT2D eigenvalue weighted by Gasteiger charge is -2.21. The molecule has 7 heteroatoms. The molecule has 0 unspecified atom stereocenters. The molecular formula is C18H33IN4OS. The highest BCUT2D eigenvalue weighted by atomic mass is 127. The maximum Gasteiger partial charge on any atom is 0.191 e. The molecule has 1 aliphatic carbocycles. The summed E-state index contributed by atoms with van der Waals surface area (Å²) in [7, 11) is 1.73. The Balaban J connectivity index is 0.00000312. The Bertz CT molecular complexity index is 522. The molecule has 2 rings (SSSR count). The van der Waals surface area contributed by atoms with Crippen LogP contribution in [0.15, 0.2) is 4.99 Å². The fraction of sp³-hybridized carbons (Fsp3) is 0.778. The van der Waals surface area contributed by atoms with Gasteiger partial charge < -0.3 is 15.4 Å². The van der Waals surface area contributed by atoms with E-state index in [0.717, 1.165) is 31.9 Å². The molecule has 25 heavy (non-hydrogen) atoms. The van der Waals surface area contributed by atoms with Gasteiger partial charge in [-0.25, -0.2) is 4.98 Å². The van der Waals surface area contributed by atoms with Gasteiger partial charge in [0.1, 0.15) is 0 Å². The van der Waals surface area contributed by atoms with Crippen LogP contribution < -0.4 is 10.6 Å². The molecule has 1 aromatic rings. The Kier molecular flexibility index (Phi) is 10.3. The number of rotatable bonds is 8. The van der Waals surface area contributed by atoms with Crippen molar-refractivity contribution in [3.63, 3.8) is 0 Å². The first-order valence-corrected chi connectivity index (χ1v) is 9.90. The van der Waals surface area contributed by atoms with Crippen LogP contribution in [0, 0.1) is 0 Å². The molecule has 0 saturated carbocycles. The smallest absolute Gasteiger partial charge is 0.191 e. The van der Waals surface area contributed by atoms with E-state index >= 15 is 0 Å². The van der Waals surface area contributed by atoms with E-state index in [0.29, 0.717) is 6.54 Å². The minimum absolute atomic E-state index is 0. The van der Waals surface area contributed by atoms with E-state index in [-0.39, 0.29) is 29.6 Å². The van der Waals surface area contributed by atoms with E-state index in [2.05, 4.69) is 22.5 Å². The highest BCUT2D eigenvalue weighted by molar-refractivity contribution is 14.0. The summed E-state index contributed by atoms with van der Waals surface area (Å²) >= 11 is 1.92. The zero-order valence-corrected chi connectivity index (χ0v) is 19.1. The minimum Gasteiger partial charge on any atom is -0.377 e. The van der Waals surface area contributed by atoms with Crippen LogP contribution in [0.3, 0.4) is 0 Å². The van der Waals surface area contributed by atoms with Crippen molar-refractivity contribution in [3.8, 4) is 0 Å². The second kappa shape index (κ2) is 11.3. The van der Waals surface area contributed by atoms with Crippen molar-refractivity contribution in [1.29, 1.82) is 0 Å². The van der Waals surface area contributed by atoms with Crippen LogP contribution in [0.2, 0.25) is 0 Å². The predicted octanol–water partition coefficient (Wildman–Crippen LogP) is 3.55. The average Bonchev–Trinajstić information content (AvgIpc) is 2.99. The molecule has 0 aliphatic heterocycles. The van der Waals surface area contributed by atoms with Crippen LogP contribution in [-0.4, -0.2) is 43.3 Å². The minimum atomic E-state index is -0.234. The summed E-state index contributed by atoms with van der Waals surface area (Å²) < 4.78 is 5.42. The second-order valence-electron chi connectivity index (χ2n) is 6.87. The quantitative estimate of drug-likeness (QED) is 0.259. The molecular weight excluding hydrogens is 447 g/mol. The zero-order valence-electron chi connectivity index (χ0n) is 16.0. The van der Waals surface area contributed by atoms with Gasteiger partial charge in [-0.1, -0.05) is 0 Å². The number of fused-ring (bicyclic) bond motifs is 1. The number of nitrogens with zero attached hydrogens (tertiary/aromatic N) is 2. The van der Waals surface area contributed by atoms with Crippen molar-refractivity contribution in [2.45, 2.75) is 64.9 Å². The lowest BCUT2D eigenvalue weighted by atomic mass is 10.0. The summed E-state index contributed by atoms with van der Waals surface area (Å²) in [5, 5.41) is 7.99. The van der Waals surface area contributed by atoms with Crippen LogP contribution in [0.4, 0.5) is 0 Å². The van der Waals surface area contributed by atoms with Crippen molar-refractivity contribution in [2.75, 3.05) is 26.7 Å². The highest BCUT2D eigenvalue weighted by Gasteiger charge is 2.16. The molecule has 0 fully saturated rings. The van der Waals surface area contributed by atoms with Crippen molar-refractivity contribution < 1.29 is 4.74 Å². The Morgan fingerprint density at radius 1 is 1.28 bits per heavy atom. The van der Waals surface area contributed by atoms with Crippen LogP contribution >= 0.6 is 35.3 Å². The van der Waals surface area contributed by atoms with Crippen molar-refractivity contribution in [1.82, 2.24) is 15.6 Å². The molecule has 1 aromatic heterocycles. The third kappa shape index (κ3) is 7.78. The van der Waals surface area contributed by atoms with Crippen LogP contribution in [0.5, 0.6) is 0 Å². The van der Waals surface area contributed by atoms with Gasteiger partial charge in [-0.3, -0.25) is 4.99 Å². The van der Waals surface area contributed by atoms with Crippen LogP contribution in [0.25, 0.3) is 0 Å². The third-order valence-corrected chi connectivity index (χ3v) is 5.48. The largest absolute Gasteiger partial charge is 0.377 e. The Hall–Kier alpha value is -0.410. The lowest BCUT2D eigenvalue weighted by molar-refractivity contribution is 0.0310.